The normalized spacial score (nSPS) is 12.4. The van der Waals surface area contributed by atoms with Crippen molar-refractivity contribution in [3.05, 3.63) is 348 Å². The molecule has 138 heavy (non-hydrogen) atoms. The molecule has 1 N–H and O–H groups in total. The maximum absolute atomic E-state index is 12.1. The zero-order chi connectivity index (χ0) is 105. The van der Waals surface area contributed by atoms with Gasteiger partial charge >= 0.3 is 74.9 Å². The second-order valence-corrected chi connectivity index (χ2v) is 35.2. The van der Waals surface area contributed by atoms with Crippen molar-refractivity contribution in [3.8, 4) is 0 Å². The standard InChI is InChI=1S/4C14H10O.C12H26O3.C10H16Si.C9H10O2.C4H8O2.C3H5ClO.2C2H6O.10C2H6.CH4O.Cs.FH/c4*15-14-12-7-3-1-5-10(12)9-11-6-2-4-8-13(11)14;1-8-10(9-13-6)15-12(4,5)11(2,3)14-7;1-9-7-5-6-8-10(9)11(2,3)4;1-7-5-3-4-6-8(7)9(10)11-2;1-5-2-4-3-6-4;4-1-3-2-5-3;2*1-3-2;11*1-2;;/h4*1-8H,9H2;10H,8-9H2,1-7H3;5-8H,1-4H3;3-6H,1-2H3;4H,2-3H2,1H3;3H,1-2H2;2*1-2H3;10*1-2H3;2H,1H3;;1H/q;;;;;;;;;;;;;;;;;;;;;;+1;/p-1. The summed E-state index contributed by atoms with van der Waals surface area (Å²) in [5.41, 5.74) is 18.4. The van der Waals surface area contributed by atoms with E-state index in [4.69, 9.17) is 45.1 Å². The maximum atomic E-state index is 12.1. The number of carbonyl (C=O) groups is 5. The first-order chi connectivity index (χ1) is 65.7. The van der Waals surface area contributed by atoms with Gasteiger partial charge in [0.05, 0.1) is 76.5 Å². The third-order valence-electron chi connectivity index (χ3n) is 19.7. The topological polar surface area (TPSA) is 195 Å². The van der Waals surface area contributed by atoms with Crippen LogP contribution in [0.25, 0.3) is 0 Å². The molecule has 10 aromatic carbocycles. The van der Waals surface area contributed by atoms with Crippen molar-refractivity contribution in [1.29, 1.82) is 0 Å². The van der Waals surface area contributed by atoms with Gasteiger partial charge in [-0.1, -0.05) is 412 Å². The predicted octanol–water partition coefficient (Wildman–Crippen LogP) is 23.3. The Morgan fingerprint density at radius 1 is 0.377 bits per heavy atom. The van der Waals surface area contributed by atoms with E-state index < -0.39 is 8.07 Å². The smallest absolute Gasteiger partial charge is 1.00 e. The van der Waals surface area contributed by atoms with Gasteiger partial charge in [0, 0.05) is 101 Å². The summed E-state index contributed by atoms with van der Waals surface area (Å²) < 4.78 is 44.0. The first kappa shape index (κ1) is 146. The number of hydrogen-bond acceptors (Lipinski definition) is 15. The summed E-state index contributed by atoms with van der Waals surface area (Å²) in [5.74, 6) is 1.03. The Kier molecular flexibility index (Phi) is 95.9. The molecule has 0 radical (unpaired) electrons. The van der Waals surface area contributed by atoms with Crippen molar-refractivity contribution in [3.63, 3.8) is 0 Å². The number of aryl methyl sites for hydroxylation is 2. The van der Waals surface area contributed by atoms with E-state index in [0.29, 0.717) is 30.3 Å². The molecule has 10 aromatic rings. The SMILES string of the molecule is CC.CC.CC.CC.CC.CC.CC.CC.CC.CC.CCC(COC)OC(C)(C)C(C)(C)OC.CO.COC.COC.COC(=O)c1ccccc1C.COCC1CO1.Cc1ccccc1[Si](C)(C)C.ClCC1CO1.O=C1c2ccccc2Cc2ccccc21.O=C1c2ccccc2Cc2ccccc21.O=C1c2ccccc2Cc2ccccc21.O=C1c2ccccc2Cc2ccccc21.[Cs+].[F-]. The zero-order valence-electron chi connectivity index (χ0n) is 92.8. The van der Waals surface area contributed by atoms with Crippen molar-refractivity contribution in [2.45, 2.75) is 268 Å². The van der Waals surface area contributed by atoms with Crippen molar-refractivity contribution in [2.24, 2.45) is 0 Å². The Morgan fingerprint density at radius 2 is 0.601 bits per heavy atom. The molecule has 0 aromatic heterocycles. The van der Waals surface area contributed by atoms with Crippen LogP contribution in [0.3, 0.4) is 0 Å². The van der Waals surface area contributed by atoms with Gasteiger partial charge in [0.15, 0.2) is 23.1 Å². The number of ketones is 4. The number of carbonyl (C=O) groups excluding carboxylic acids is 5. The van der Waals surface area contributed by atoms with Gasteiger partial charge in [-0.3, -0.25) is 19.2 Å². The van der Waals surface area contributed by atoms with E-state index in [0.717, 1.165) is 154 Å². The van der Waals surface area contributed by atoms with Crippen molar-refractivity contribution >= 4 is 54.0 Å². The number of hydrogen-bond donors (Lipinski definition) is 1. The van der Waals surface area contributed by atoms with Gasteiger partial charge in [-0.15, -0.1) is 11.6 Å². The maximum Gasteiger partial charge on any atom is 1.00 e. The van der Waals surface area contributed by atoms with Crippen LogP contribution in [0.4, 0.5) is 0 Å². The summed E-state index contributed by atoms with van der Waals surface area (Å²) in [4.78, 5) is 59.4. The molecule has 2 fully saturated rings. The summed E-state index contributed by atoms with van der Waals surface area (Å²) in [7, 11) is 12.9. The summed E-state index contributed by atoms with van der Waals surface area (Å²) in [6.07, 6.45) is 5.38. The van der Waals surface area contributed by atoms with Crippen LogP contribution in [-0.4, -0.2) is 168 Å². The predicted molar refractivity (Wildman–Crippen MR) is 585 cm³/mol. The van der Waals surface area contributed by atoms with Crippen LogP contribution in [0, 0.1) is 13.8 Å². The Balaban J connectivity index is -0.000000224. The molecule has 0 spiro atoms. The van der Waals surface area contributed by atoms with Crippen LogP contribution < -0.4 is 78.8 Å². The number of benzene rings is 10. The van der Waals surface area contributed by atoms with E-state index >= 15 is 0 Å². The second kappa shape index (κ2) is 90.7. The molecule has 19 heteroatoms. The van der Waals surface area contributed by atoms with Gasteiger partial charge < -0.3 is 52.4 Å². The minimum absolute atomic E-state index is 0. The third-order valence-corrected chi connectivity index (χ3v) is 22.2. The molecule has 0 bridgehead atoms. The first-order valence-electron chi connectivity index (χ1n) is 49.0. The number of alkyl halides is 1. The number of aliphatic hydroxyl groups excluding tert-OH is 1. The van der Waals surface area contributed by atoms with Crippen molar-refractivity contribution in [2.75, 3.05) is 96.3 Å². The molecular weight excluding hydrogens is 1880 g/mol. The molecule has 0 amide bonds. The number of ether oxygens (including phenoxy) is 9. The number of fused-ring (bicyclic) bond motifs is 8. The third kappa shape index (κ3) is 54.6. The van der Waals surface area contributed by atoms with E-state index in [2.05, 4.69) is 85.8 Å². The van der Waals surface area contributed by atoms with Crippen molar-refractivity contribution in [1.82, 2.24) is 0 Å². The first-order valence-corrected chi connectivity index (χ1v) is 53.0. The molecule has 3 atom stereocenters. The molecule has 2 saturated heterocycles. The van der Waals surface area contributed by atoms with E-state index in [1.54, 1.807) is 61.0 Å². The summed E-state index contributed by atoms with van der Waals surface area (Å²) in [6, 6.07) is 78.8. The Labute approximate surface area is 903 Å². The molecule has 766 valence electrons. The minimum Gasteiger partial charge on any atom is -1.00 e. The number of esters is 1. The summed E-state index contributed by atoms with van der Waals surface area (Å²) >= 11 is 5.27. The number of methoxy groups -OCH3 is 6. The molecule has 3 unspecified atom stereocenters. The summed E-state index contributed by atoms with van der Waals surface area (Å²) in [5, 5.41) is 8.58. The number of epoxide rings is 2. The van der Waals surface area contributed by atoms with Gasteiger partial charge in [0.1, 0.15) is 6.10 Å². The van der Waals surface area contributed by atoms with Crippen LogP contribution in [0.5, 0.6) is 0 Å². The van der Waals surface area contributed by atoms with Crippen molar-refractivity contribution < 1.29 is 145 Å². The average molecular weight is 2070 g/mol. The van der Waals surface area contributed by atoms with E-state index in [1.165, 1.54) is 12.7 Å². The van der Waals surface area contributed by atoms with Gasteiger partial charge in [-0.2, -0.15) is 0 Å². The fourth-order valence-corrected chi connectivity index (χ4v) is 14.7. The van der Waals surface area contributed by atoms with Gasteiger partial charge in [-0.05, 0) is 130 Å². The van der Waals surface area contributed by atoms with Crippen LogP contribution in [0.1, 0.15) is 309 Å². The van der Waals surface area contributed by atoms with Crippen LogP contribution in [-0.2, 0) is 68.3 Å². The molecule has 2 heterocycles. The van der Waals surface area contributed by atoms with Crippen LogP contribution >= 0.6 is 11.6 Å². The fourth-order valence-electron chi connectivity index (χ4n) is 12.6. The molecule has 0 saturated carbocycles. The largest absolute Gasteiger partial charge is 1.00 e. The van der Waals surface area contributed by atoms with E-state index in [-0.39, 0.29) is 120 Å². The molecule has 6 aliphatic rings. The minimum atomic E-state index is -1.08. The van der Waals surface area contributed by atoms with Gasteiger partial charge in [0.25, 0.3) is 0 Å². The Bertz CT molecular complexity index is 4110. The Hall–Kier alpha value is -7.52. The molecule has 4 aliphatic carbocycles. The monoisotopic (exact) mass is 2070 g/mol. The number of rotatable bonds is 12. The molecule has 16 rings (SSSR count). The number of halogens is 2. The average Bonchev–Trinajstić information content (AvgIpc) is 1.14. The molecule has 2 aliphatic heterocycles. The fraction of sp³-hybridized carbons (Fsp3) is 0.454. The quantitative estimate of drug-likeness (QED) is 0.0525. The van der Waals surface area contributed by atoms with Gasteiger partial charge in [-0.25, -0.2) is 4.79 Å². The molecular formula is C119H181ClCsFO15Si. The number of aliphatic hydroxyl groups is 1. The van der Waals surface area contributed by atoms with Crippen LogP contribution in [0.15, 0.2) is 243 Å². The van der Waals surface area contributed by atoms with E-state index in [1.807, 2.05) is 372 Å². The Morgan fingerprint density at radius 3 is 0.768 bits per heavy atom. The molecule has 15 nitrogen and oxygen atoms in total. The zero-order valence-corrected chi connectivity index (χ0v) is 101. The summed E-state index contributed by atoms with van der Waals surface area (Å²) in [6.45, 7) is 64.7. The van der Waals surface area contributed by atoms with Crippen LogP contribution in [0.2, 0.25) is 19.6 Å². The van der Waals surface area contributed by atoms with Gasteiger partial charge in [0.2, 0.25) is 0 Å². The van der Waals surface area contributed by atoms with E-state index in [9.17, 15) is 24.0 Å². The second-order valence-electron chi connectivity index (χ2n) is 29.8.